The zero-order chi connectivity index (χ0) is 15.6. The summed E-state index contributed by atoms with van der Waals surface area (Å²) in [6.45, 7) is 1.85. The number of nitro groups is 1. The number of rotatable bonds is 3. The summed E-state index contributed by atoms with van der Waals surface area (Å²) in [5.74, 6) is -0.427. The van der Waals surface area contributed by atoms with Gasteiger partial charge in [-0.15, -0.1) is 0 Å². The molecule has 0 saturated heterocycles. The first-order valence-corrected chi connectivity index (χ1v) is 6.79. The van der Waals surface area contributed by atoms with Crippen LogP contribution in [0.3, 0.4) is 0 Å². The first-order chi connectivity index (χ1) is 9.88. The van der Waals surface area contributed by atoms with E-state index in [1.54, 1.807) is 12.1 Å². The van der Waals surface area contributed by atoms with E-state index < -0.39 is 10.8 Å². The van der Waals surface area contributed by atoms with E-state index >= 15 is 0 Å². The van der Waals surface area contributed by atoms with Crippen LogP contribution in [0, 0.1) is 17.0 Å². The number of benzene rings is 2. The predicted octanol–water partition coefficient (Wildman–Crippen LogP) is 3.50. The highest BCUT2D eigenvalue weighted by Crippen LogP contribution is 2.24. The van der Waals surface area contributed by atoms with Gasteiger partial charge in [0.05, 0.1) is 4.92 Å². The van der Waals surface area contributed by atoms with Gasteiger partial charge in [-0.05, 0) is 42.8 Å². The van der Waals surface area contributed by atoms with Crippen LogP contribution in [-0.4, -0.2) is 10.8 Å². The molecule has 0 aliphatic carbocycles. The molecule has 108 valence electrons. The molecule has 0 heterocycles. The molecule has 0 radical (unpaired) electrons. The summed E-state index contributed by atoms with van der Waals surface area (Å²) in [5.41, 5.74) is 6.95. The van der Waals surface area contributed by atoms with Crippen molar-refractivity contribution in [1.82, 2.24) is 0 Å². The Kier molecular flexibility index (Phi) is 4.23. The maximum atomic E-state index is 12.2. The first kappa shape index (κ1) is 15.0. The molecule has 1 amide bonds. The van der Waals surface area contributed by atoms with Gasteiger partial charge in [-0.1, -0.05) is 15.9 Å². The molecule has 0 unspecified atom stereocenters. The highest BCUT2D eigenvalue weighted by atomic mass is 79.9. The monoisotopic (exact) mass is 349 g/mol. The van der Waals surface area contributed by atoms with Crippen molar-refractivity contribution in [1.29, 1.82) is 0 Å². The first-order valence-electron chi connectivity index (χ1n) is 6.00. The van der Waals surface area contributed by atoms with Gasteiger partial charge in [-0.3, -0.25) is 14.9 Å². The van der Waals surface area contributed by atoms with Crippen LogP contribution in [0.2, 0.25) is 0 Å². The molecule has 0 atom stereocenters. The number of anilines is 2. The topological polar surface area (TPSA) is 98.3 Å². The number of nitrogens with two attached hydrogens (primary N) is 1. The third-order valence-corrected chi connectivity index (χ3v) is 3.42. The average molecular weight is 350 g/mol. The Morgan fingerprint density at radius 2 is 2.00 bits per heavy atom. The molecule has 6 nitrogen and oxygen atoms in total. The quantitative estimate of drug-likeness (QED) is 0.503. The summed E-state index contributed by atoms with van der Waals surface area (Å²) in [6, 6.07) is 9.38. The minimum absolute atomic E-state index is 0.0244. The highest BCUT2D eigenvalue weighted by molar-refractivity contribution is 9.10. The number of aryl methyl sites for hydroxylation is 1. The molecule has 0 aliphatic heterocycles. The Morgan fingerprint density at radius 3 is 2.62 bits per heavy atom. The largest absolute Gasteiger partial charge is 0.393 e. The second-order valence-corrected chi connectivity index (χ2v) is 5.36. The maximum absolute atomic E-state index is 12.2. The molecule has 0 fully saturated rings. The number of carbonyl (C=O) groups excluding carboxylic acids is 1. The number of nitrogens with one attached hydrogen (secondary N) is 1. The molecule has 0 aromatic heterocycles. The second-order valence-electron chi connectivity index (χ2n) is 4.44. The molecule has 0 saturated carbocycles. The van der Waals surface area contributed by atoms with Gasteiger partial charge in [0.15, 0.2) is 0 Å². The lowest BCUT2D eigenvalue weighted by molar-refractivity contribution is -0.383. The predicted molar refractivity (Wildman–Crippen MR) is 84.3 cm³/mol. The third kappa shape index (κ3) is 3.38. The number of nitro benzene ring substituents is 1. The Labute approximate surface area is 129 Å². The van der Waals surface area contributed by atoms with E-state index in [1.165, 1.54) is 18.2 Å². The zero-order valence-electron chi connectivity index (χ0n) is 11.1. The fraction of sp³-hybridized carbons (Fsp3) is 0.0714. The smallest absolute Gasteiger partial charge is 0.292 e. The molecule has 2 aromatic rings. The molecule has 2 aromatic carbocycles. The second kappa shape index (κ2) is 5.92. The van der Waals surface area contributed by atoms with E-state index in [0.29, 0.717) is 5.69 Å². The van der Waals surface area contributed by atoms with Gasteiger partial charge in [-0.2, -0.15) is 0 Å². The number of amides is 1. The Hall–Kier alpha value is -2.41. The minimum Gasteiger partial charge on any atom is -0.393 e. The van der Waals surface area contributed by atoms with Crippen molar-refractivity contribution < 1.29 is 9.72 Å². The van der Waals surface area contributed by atoms with E-state index in [0.717, 1.165) is 10.0 Å². The lowest BCUT2D eigenvalue weighted by Crippen LogP contribution is -2.13. The van der Waals surface area contributed by atoms with Crippen LogP contribution in [0.25, 0.3) is 0 Å². The average Bonchev–Trinajstić information content (AvgIpc) is 2.42. The number of hydrogen-bond acceptors (Lipinski definition) is 4. The van der Waals surface area contributed by atoms with Crippen LogP contribution in [0.1, 0.15) is 15.9 Å². The summed E-state index contributed by atoms with van der Waals surface area (Å²) in [6.07, 6.45) is 0. The van der Waals surface area contributed by atoms with Crippen LogP contribution in [0.5, 0.6) is 0 Å². The SMILES string of the molecule is Cc1cc(Br)ccc1NC(=O)c1ccc(N)c([N+](=O)[O-])c1. The lowest BCUT2D eigenvalue weighted by atomic mass is 10.1. The van der Waals surface area contributed by atoms with E-state index in [1.807, 2.05) is 13.0 Å². The molecular weight excluding hydrogens is 338 g/mol. The fourth-order valence-corrected chi connectivity index (χ4v) is 2.28. The van der Waals surface area contributed by atoms with Crippen molar-refractivity contribution >= 4 is 38.9 Å². The van der Waals surface area contributed by atoms with Crippen molar-refractivity contribution in [2.75, 3.05) is 11.1 Å². The van der Waals surface area contributed by atoms with Crippen molar-refractivity contribution in [3.63, 3.8) is 0 Å². The zero-order valence-corrected chi connectivity index (χ0v) is 12.7. The maximum Gasteiger partial charge on any atom is 0.292 e. The van der Waals surface area contributed by atoms with Crippen LogP contribution < -0.4 is 11.1 Å². The summed E-state index contributed by atoms with van der Waals surface area (Å²) in [5, 5.41) is 13.6. The number of nitrogens with zero attached hydrogens (tertiary/aromatic N) is 1. The molecule has 0 aliphatic rings. The molecule has 3 N–H and O–H groups in total. The van der Waals surface area contributed by atoms with Crippen LogP contribution in [0.4, 0.5) is 17.1 Å². The van der Waals surface area contributed by atoms with Gasteiger partial charge in [0.1, 0.15) is 5.69 Å². The Balaban J connectivity index is 2.28. The molecule has 0 bridgehead atoms. The van der Waals surface area contributed by atoms with Crippen molar-refractivity contribution in [3.05, 3.63) is 62.1 Å². The van der Waals surface area contributed by atoms with E-state index in [-0.39, 0.29) is 16.9 Å². The normalized spacial score (nSPS) is 10.2. The number of halogens is 1. The summed E-state index contributed by atoms with van der Waals surface area (Å²) in [4.78, 5) is 22.4. The van der Waals surface area contributed by atoms with Gasteiger partial charge in [-0.25, -0.2) is 0 Å². The highest BCUT2D eigenvalue weighted by Gasteiger charge is 2.16. The number of carbonyl (C=O) groups is 1. The molecule has 2 rings (SSSR count). The van der Waals surface area contributed by atoms with Gasteiger partial charge in [0.25, 0.3) is 11.6 Å². The Morgan fingerprint density at radius 1 is 1.29 bits per heavy atom. The standard InChI is InChI=1S/C14H12BrN3O3/c1-8-6-10(15)3-5-12(8)17-14(19)9-2-4-11(16)13(7-9)18(20)21/h2-7H,16H2,1H3,(H,17,19). The van der Waals surface area contributed by atoms with Crippen LogP contribution >= 0.6 is 15.9 Å². The Bertz CT molecular complexity index is 731. The lowest BCUT2D eigenvalue weighted by Gasteiger charge is -2.09. The van der Waals surface area contributed by atoms with Crippen LogP contribution in [0.15, 0.2) is 40.9 Å². The van der Waals surface area contributed by atoms with E-state index in [4.69, 9.17) is 5.73 Å². The minimum atomic E-state index is -0.614. The number of hydrogen-bond donors (Lipinski definition) is 2. The third-order valence-electron chi connectivity index (χ3n) is 2.93. The molecular formula is C14H12BrN3O3. The van der Waals surface area contributed by atoms with Crippen molar-refractivity contribution in [2.45, 2.75) is 6.92 Å². The number of nitrogen functional groups attached to an aromatic ring is 1. The van der Waals surface area contributed by atoms with Crippen molar-refractivity contribution in [3.8, 4) is 0 Å². The summed E-state index contributed by atoms with van der Waals surface area (Å²) in [7, 11) is 0. The molecule has 0 spiro atoms. The molecule has 7 heteroatoms. The summed E-state index contributed by atoms with van der Waals surface area (Å²) >= 11 is 3.34. The van der Waals surface area contributed by atoms with E-state index in [9.17, 15) is 14.9 Å². The van der Waals surface area contributed by atoms with Gasteiger partial charge in [0, 0.05) is 21.8 Å². The van der Waals surface area contributed by atoms with Gasteiger partial charge in [0.2, 0.25) is 0 Å². The van der Waals surface area contributed by atoms with Crippen molar-refractivity contribution in [2.24, 2.45) is 0 Å². The fourth-order valence-electron chi connectivity index (χ4n) is 1.80. The summed E-state index contributed by atoms with van der Waals surface area (Å²) < 4.78 is 0.904. The van der Waals surface area contributed by atoms with E-state index in [2.05, 4.69) is 21.2 Å². The molecule has 21 heavy (non-hydrogen) atoms. The van der Waals surface area contributed by atoms with Crippen LogP contribution in [-0.2, 0) is 0 Å². The van der Waals surface area contributed by atoms with Gasteiger partial charge < -0.3 is 11.1 Å². The van der Waals surface area contributed by atoms with Gasteiger partial charge >= 0.3 is 0 Å².